The first-order valence-electron chi connectivity index (χ1n) is 5.47. The number of carbonyl (C=O) groups is 1. The average Bonchev–Trinajstić information content (AvgIpc) is 2.70. The fourth-order valence-corrected chi connectivity index (χ4v) is 1.41. The lowest BCUT2D eigenvalue weighted by molar-refractivity contribution is -0.121. The van der Waals surface area contributed by atoms with Gasteiger partial charge in [0.05, 0.1) is 6.33 Å². The van der Waals surface area contributed by atoms with Crippen LogP contribution in [0.15, 0.2) is 12.5 Å². The number of imidazole rings is 1. The largest absolute Gasteiger partial charge is 0.356 e. The van der Waals surface area contributed by atoms with Crippen molar-refractivity contribution < 1.29 is 4.79 Å². The standard InChI is InChI=1S/C11H18N3O/c1-2-13-11(15)6-4-3-5-8-14-9-7-12-10-14/h9-10H,2-6,8H2,1H3,(H,13,15). The lowest BCUT2D eigenvalue weighted by Gasteiger charge is -2.03. The van der Waals surface area contributed by atoms with Gasteiger partial charge in [-0.25, -0.2) is 4.98 Å². The van der Waals surface area contributed by atoms with Gasteiger partial charge in [-0.3, -0.25) is 4.79 Å². The Bertz CT molecular complexity index is 269. The quantitative estimate of drug-likeness (QED) is 0.688. The van der Waals surface area contributed by atoms with Gasteiger partial charge in [-0.1, -0.05) is 6.42 Å². The van der Waals surface area contributed by atoms with Crippen LogP contribution in [0.25, 0.3) is 0 Å². The van der Waals surface area contributed by atoms with Crippen LogP contribution in [-0.4, -0.2) is 22.0 Å². The van der Waals surface area contributed by atoms with E-state index < -0.39 is 0 Å². The van der Waals surface area contributed by atoms with E-state index in [1.165, 1.54) is 0 Å². The lowest BCUT2D eigenvalue weighted by atomic mass is 10.2. The molecule has 1 aromatic rings. The molecule has 0 saturated carbocycles. The normalized spacial score (nSPS) is 10.2. The lowest BCUT2D eigenvalue weighted by Crippen LogP contribution is -2.22. The van der Waals surface area contributed by atoms with E-state index in [0.29, 0.717) is 6.42 Å². The Morgan fingerprint density at radius 2 is 2.33 bits per heavy atom. The second kappa shape index (κ2) is 7.04. The van der Waals surface area contributed by atoms with Crippen molar-refractivity contribution in [3.05, 3.63) is 18.7 Å². The molecule has 0 fully saturated rings. The van der Waals surface area contributed by atoms with Crippen LogP contribution in [0.2, 0.25) is 0 Å². The number of unbranched alkanes of at least 4 members (excludes halogenated alkanes) is 2. The van der Waals surface area contributed by atoms with E-state index in [1.807, 2.05) is 17.7 Å². The molecule has 83 valence electrons. The summed E-state index contributed by atoms with van der Waals surface area (Å²) in [6.07, 6.45) is 10.1. The fraction of sp³-hybridized carbons (Fsp3) is 0.636. The predicted octanol–water partition coefficient (Wildman–Crippen LogP) is 1.38. The predicted molar refractivity (Wildman–Crippen MR) is 58.2 cm³/mol. The molecular weight excluding hydrogens is 190 g/mol. The molecule has 4 nitrogen and oxygen atoms in total. The van der Waals surface area contributed by atoms with Crippen molar-refractivity contribution in [3.8, 4) is 0 Å². The van der Waals surface area contributed by atoms with E-state index in [2.05, 4.69) is 16.5 Å². The molecule has 0 aliphatic rings. The number of aryl methyl sites for hydroxylation is 1. The minimum atomic E-state index is 0.161. The fourth-order valence-electron chi connectivity index (χ4n) is 1.41. The summed E-state index contributed by atoms with van der Waals surface area (Å²) in [5.74, 6) is 0.161. The molecular formula is C11H18N3O. The molecule has 1 aromatic heterocycles. The first-order chi connectivity index (χ1) is 7.33. The Morgan fingerprint density at radius 1 is 1.47 bits per heavy atom. The number of nitrogens with zero attached hydrogens (tertiary/aromatic N) is 2. The van der Waals surface area contributed by atoms with Gasteiger partial charge in [0.25, 0.3) is 0 Å². The maximum absolute atomic E-state index is 11.1. The zero-order valence-corrected chi connectivity index (χ0v) is 9.20. The molecule has 1 heterocycles. The van der Waals surface area contributed by atoms with Crippen LogP contribution in [0, 0.1) is 6.20 Å². The van der Waals surface area contributed by atoms with Crippen LogP contribution in [0.3, 0.4) is 0 Å². The Kier molecular flexibility index (Phi) is 5.51. The number of nitrogens with one attached hydrogen (secondary N) is 1. The summed E-state index contributed by atoms with van der Waals surface area (Å²) >= 11 is 0. The second-order valence-corrected chi connectivity index (χ2v) is 3.50. The van der Waals surface area contributed by atoms with E-state index in [0.717, 1.165) is 32.4 Å². The highest BCUT2D eigenvalue weighted by atomic mass is 16.1. The Morgan fingerprint density at radius 3 is 3.00 bits per heavy atom. The first-order valence-corrected chi connectivity index (χ1v) is 5.47. The molecule has 0 bridgehead atoms. The molecule has 1 amide bonds. The molecule has 0 aromatic carbocycles. The second-order valence-electron chi connectivity index (χ2n) is 3.50. The van der Waals surface area contributed by atoms with Gasteiger partial charge in [0.15, 0.2) is 0 Å². The molecule has 0 aliphatic heterocycles. The summed E-state index contributed by atoms with van der Waals surface area (Å²) in [5.41, 5.74) is 0. The van der Waals surface area contributed by atoms with E-state index in [4.69, 9.17) is 0 Å². The summed E-state index contributed by atoms with van der Waals surface area (Å²) in [4.78, 5) is 15.0. The van der Waals surface area contributed by atoms with E-state index in [1.54, 1.807) is 6.33 Å². The zero-order chi connectivity index (χ0) is 10.9. The van der Waals surface area contributed by atoms with Crippen molar-refractivity contribution in [1.82, 2.24) is 14.9 Å². The molecule has 4 heteroatoms. The Balaban J connectivity index is 1.95. The molecule has 0 aliphatic carbocycles. The summed E-state index contributed by atoms with van der Waals surface area (Å²) in [6.45, 7) is 3.63. The van der Waals surface area contributed by atoms with Gasteiger partial charge in [-0.05, 0) is 19.8 Å². The van der Waals surface area contributed by atoms with Crippen molar-refractivity contribution in [2.75, 3.05) is 6.54 Å². The van der Waals surface area contributed by atoms with Gasteiger partial charge in [0.2, 0.25) is 5.91 Å². The van der Waals surface area contributed by atoms with Crippen LogP contribution in [0.5, 0.6) is 0 Å². The molecule has 15 heavy (non-hydrogen) atoms. The van der Waals surface area contributed by atoms with Crippen LogP contribution in [0.4, 0.5) is 0 Å². The minimum absolute atomic E-state index is 0.161. The highest BCUT2D eigenvalue weighted by Gasteiger charge is 1.98. The van der Waals surface area contributed by atoms with Crippen LogP contribution in [0.1, 0.15) is 32.6 Å². The van der Waals surface area contributed by atoms with E-state index in [-0.39, 0.29) is 5.91 Å². The number of aromatic nitrogens is 2. The smallest absolute Gasteiger partial charge is 0.219 e. The SMILES string of the molecule is CCNC(=O)CCCCCn1c[c]nc1. The molecule has 0 saturated heterocycles. The van der Waals surface area contributed by atoms with Gasteiger partial charge in [0, 0.05) is 25.7 Å². The molecule has 0 atom stereocenters. The number of carbonyl (C=O) groups excluding carboxylic acids is 1. The molecule has 0 unspecified atom stereocenters. The van der Waals surface area contributed by atoms with Crippen molar-refractivity contribution in [2.24, 2.45) is 0 Å². The molecule has 1 N–H and O–H groups in total. The third-order valence-electron chi connectivity index (χ3n) is 2.20. The monoisotopic (exact) mass is 208 g/mol. The maximum atomic E-state index is 11.1. The van der Waals surface area contributed by atoms with E-state index in [9.17, 15) is 4.79 Å². The number of amides is 1. The van der Waals surface area contributed by atoms with Crippen LogP contribution in [-0.2, 0) is 11.3 Å². The maximum Gasteiger partial charge on any atom is 0.219 e. The first kappa shape index (κ1) is 11.8. The summed E-state index contributed by atoms with van der Waals surface area (Å²) in [7, 11) is 0. The number of hydrogen-bond donors (Lipinski definition) is 1. The zero-order valence-electron chi connectivity index (χ0n) is 9.20. The third kappa shape index (κ3) is 5.20. The summed E-state index contributed by atoms with van der Waals surface area (Å²) in [5, 5.41) is 2.79. The van der Waals surface area contributed by atoms with Crippen molar-refractivity contribution in [3.63, 3.8) is 0 Å². The Labute approximate surface area is 90.7 Å². The van der Waals surface area contributed by atoms with Crippen LogP contribution >= 0.6 is 0 Å². The molecule has 1 radical (unpaired) electrons. The number of rotatable bonds is 7. The van der Waals surface area contributed by atoms with Crippen molar-refractivity contribution in [2.45, 2.75) is 39.2 Å². The highest BCUT2D eigenvalue weighted by Crippen LogP contribution is 2.01. The van der Waals surface area contributed by atoms with E-state index >= 15 is 0 Å². The van der Waals surface area contributed by atoms with Crippen molar-refractivity contribution >= 4 is 5.91 Å². The van der Waals surface area contributed by atoms with Gasteiger partial charge < -0.3 is 9.88 Å². The average molecular weight is 208 g/mol. The summed E-state index contributed by atoms with van der Waals surface area (Å²) < 4.78 is 2.01. The van der Waals surface area contributed by atoms with Crippen molar-refractivity contribution in [1.29, 1.82) is 0 Å². The summed E-state index contributed by atoms with van der Waals surface area (Å²) in [6, 6.07) is 0. The molecule has 1 rings (SSSR count). The van der Waals surface area contributed by atoms with Gasteiger partial charge in [-0.2, -0.15) is 0 Å². The third-order valence-corrected chi connectivity index (χ3v) is 2.20. The Hall–Kier alpha value is -1.32. The van der Waals surface area contributed by atoms with Crippen LogP contribution < -0.4 is 5.32 Å². The van der Waals surface area contributed by atoms with Gasteiger partial charge in [-0.15, -0.1) is 0 Å². The van der Waals surface area contributed by atoms with Gasteiger partial charge in [0.1, 0.15) is 6.20 Å². The number of hydrogen-bond acceptors (Lipinski definition) is 2. The molecule has 0 spiro atoms. The highest BCUT2D eigenvalue weighted by molar-refractivity contribution is 5.75. The van der Waals surface area contributed by atoms with Gasteiger partial charge >= 0.3 is 0 Å². The minimum Gasteiger partial charge on any atom is -0.356 e. The topological polar surface area (TPSA) is 46.9 Å².